The van der Waals surface area contributed by atoms with Gasteiger partial charge in [0.15, 0.2) is 0 Å². The second kappa shape index (κ2) is 11.1. The third-order valence-corrected chi connectivity index (χ3v) is 7.76. The number of methoxy groups -OCH3 is 1. The molecule has 0 aliphatic carbocycles. The number of aliphatic hydroxyl groups excluding tert-OH is 1. The van der Waals surface area contributed by atoms with E-state index < -0.39 is 5.41 Å². The maximum absolute atomic E-state index is 10.0. The zero-order valence-corrected chi connectivity index (χ0v) is 22.4. The average Bonchev–Trinajstić information content (AvgIpc) is 3.46. The summed E-state index contributed by atoms with van der Waals surface area (Å²) < 4.78 is 7.25. The van der Waals surface area contributed by atoms with Crippen LogP contribution in [0.15, 0.2) is 30.5 Å². The number of aliphatic hydroxyl groups is 1. The number of aromatic nitrogens is 4. The van der Waals surface area contributed by atoms with Crippen molar-refractivity contribution in [1.29, 1.82) is 5.26 Å². The Bertz CT molecular complexity index is 1320. The molecule has 2 aromatic heterocycles. The summed E-state index contributed by atoms with van der Waals surface area (Å²) in [6.45, 7) is 9.34. The lowest BCUT2D eigenvalue weighted by Gasteiger charge is -2.31. The predicted molar refractivity (Wildman–Crippen MR) is 146 cm³/mol. The molecule has 0 radical (unpaired) electrons. The first-order valence-corrected chi connectivity index (χ1v) is 13.2. The van der Waals surface area contributed by atoms with Crippen LogP contribution in [0.2, 0.25) is 0 Å². The molecule has 3 aromatic rings. The topological polar surface area (TPSA) is 124 Å². The number of benzene rings is 1. The molecule has 38 heavy (non-hydrogen) atoms. The van der Waals surface area contributed by atoms with Gasteiger partial charge < -0.3 is 25.4 Å². The molecule has 1 atom stereocenters. The number of hydrogen-bond donors (Lipinski definition) is 3. The van der Waals surface area contributed by atoms with Gasteiger partial charge >= 0.3 is 0 Å². The van der Waals surface area contributed by atoms with Crippen molar-refractivity contribution in [2.24, 2.45) is 5.92 Å². The second-order valence-corrected chi connectivity index (χ2v) is 10.7. The number of fused-ring (bicyclic) bond motifs is 1. The molecule has 0 saturated carbocycles. The van der Waals surface area contributed by atoms with Crippen LogP contribution in [0.4, 0.5) is 17.5 Å². The number of rotatable bonds is 9. The van der Waals surface area contributed by atoms with E-state index in [-0.39, 0.29) is 6.61 Å². The summed E-state index contributed by atoms with van der Waals surface area (Å²) in [5, 5.41) is 31.2. The summed E-state index contributed by atoms with van der Waals surface area (Å²) in [6.07, 6.45) is 3.99. The number of nitrogens with one attached hydrogen (secondary N) is 2. The van der Waals surface area contributed by atoms with E-state index in [0.717, 1.165) is 74.0 Å². The first-order chi connectivity index (χ1) is 18.4. The number of nitriles is 1. The molecule has 1 saturated heterocycles. The number of aryl methyl sites for hydroxylation is 1. The van der Waals surface area contributed by atoms with E-state index in [2.05, 4.69) is 26.6 Å². The van der Waals surface area contributed by atoms with Crippen molar-refractivity contribution in [1.82, 2.24) is 24.6 Å². The Hall–Kier alpha value is -3.52. The first kappa shape index (κ1) is 26.1. The quantitative estimate of drug-likeness (QED) is 0.393. The number of hydrogen-bond acceptors (Lipinski definition) is 9. The van der Waals surface area contributed by atoms with E-state index in [1.807, 2.05) is 42.8 Å². The van der Waals surface area contributed by atoms with Crippen molar-refractivity contribution in [3.05, 3.63) is 47.3 Å². The van der Waals surface area contributed by atoms with Crippen molar-refractivity contribution in [2.45, 2.75) is 38.6 Å². The minimum absolute atomic E-state index is 0.00653. The lowest BCUT2D eigenvalue weighted by Crippen LogP contribution is -2.37. The van der Waals surface area contributed by atoms with E-state index in [0.29, 0.717) is 29.7 Å². The molecular weight excluding hydrogens is 480 g/mol. The SMILES string of the molecule is COCCN1CCC(Cn2nc(C)cc2Nc2nccc(-c3cc(C#N)c4c(c3)[C@@](C)(CO)CN4)n2)CC1. The molecule has 0 spiro atoms. The van der Waals surface area contributed by atoms with E-state index in [1.54, 1.807) is 13.3 Å². The number of ether oxygens (including phenoxy) is 1. The molecule has 1 aromatic carbocycles. The molecule has 2 aliphatic heterocycles. The van der Waals surface area contributed by atoms with Gasteiger partial charge in [0.05, 0.1) is 35.9 Å². The summed E-state index contributed by atoms with van der Waals surface area (Å²) >= 11 is 0. The fraction of sp³-hybridized carbons (Fsp3) is 0.500. The van der Waals surface area contributed by atoms with E-state index in [1.165, 1.54) is 0 Å². The van der Waals surface area contributed by atoms with Gasteiger partial charge in [-0.05, 0) is 62.5 Å². The number of nitrogens with zero attached hydrogens (tertiary/aromatic N) is 6. The zero-order valence-electron chi connectivity index (χ0n) is 22.4. The maximum atomic E-state index is 10.0. The third-order valence-electron chi connectivity index (χ3n) is 7.76. The molecule has 0 bridgehead atoms. The Morgan fingerprint density at radius 1 is 1.29 bits per heavy atom. The Kier molecular flexibility index (Phi) is 7.61. The Morgan fingerprint density at radius 3 is 2.84 bits per heavy atom. The first-order valence-electron chi connectivity index (χ1n) is 13.2. The summed E-state index contributed by atoms with van der Waals surface area (Å²) in [6, 6.07) is 10.0. The van der Waals surface area contributed by atoms with Crippen molar-refractivity contribution in [2.75, 3.05) is 57.1 Å². The molecule has 200 valence electrons. The van der Waals surface area contributed by atoms with Gasteiger partial charge in [0, 0.05) is 50.0 Å². The fourth-order valence-corrected chi connectivity index (χ4v) is 5.40. The minimum atomic E-state index is -0.449. The van der Waals surface area contributed by atoms with E-state index >= 15 is 0 Å². The Balaban J connectivity index is 1.34. The van der Waals surface area contributed by atoms with Gasteiger partial charge in [0.2, 0.25) is 5.95 Å². The minimum Gasteiger partial charge on any atom is -0.395 e. The van der Waals surface area contributed by atoms with Gasteiger partial charge in [-0.1, -0.05) is 6.92 Å². The van der Waals surface area contributed by atoms with Crippen LogP contribution in [-0.2, 0) is 16.7 Å². The van der Waals surface area contributed by atoms with E-state index in [9.17, 15) is 10.4 Å². The molecule has 4 heterocycles. The summed E-state index contributed by atoms with van der Waals surface area (Å²) in [5.74, 6) is 1.90. The lowest BCUT2D eigenvalue weighted by atomic mass is 9.83. The van der Waals surface area contributed by atoms with Crippen molar-refractivity contribution >= 4 is 17.5 Å². The van der Waals surface area contributed by atoms with Gasteiger partial charge in [-0.3, -0.25) is 0 Å². The molecule has 1 fully saturated rings. The van der Waals surface area contributed by atoms with Crippen molar-refractivity contribution < 1.29 is 9.84 Å². The molecule has 10 nitrogen and oxygen atoms in total. The summed E-state index contributed by atoms with van der Waals surface area (Å²) in [4.78, 5) is 11.7. The Labute approximate surface area is 223 Å². The highest BCUT2D eigenvalue weighted by Gasteiger charge is 2.36. The van der Waals surface area contributed by atoms with Crippen LogP contribution in [0.1, 0.15) is 36.6 Å². The monoisotopic (exact) mass is 516 g/mol. The summed E-state index contributed by atoms with van der Waals surface area (Å²) in [5.41, 5.74) is 4.29. The highest BCUT2D eigenvalue weighted by atomic mass is 16.5. The van der Waals surface area contributed by atoms with Crippen LogP contribution >= 0.6 is 0 Å². The van der Waals surface area contributed by atoms with Gasteiger partial charge in [-0.15, -0.1) is 0 Å². The lowest BCUT2D eigenvalue weighted by molar-refractivity contribution is 0.116. The normalized spacial score (nSPS) is 19.7. The maximum Gasteiger partial charge on any atom is 0.228 e. The highest BCUT2D eigenvalue weighted by Crippen LogP contribution is 2.41. The predicted octanol–water partition coefficient (Wildman–Crippen LogP) is 3.30. The number of anilines is 3. The Morgan fingerprint density at radius 2 is 2.11 bits per heavy atom. The average molecular weight is 517 g/mol. The standard InChI is InChI=1S/C28H36N8O2/c1-19-12-25(36(34-19)16-20-5-8-35(9-6-20)10-11-38-3)33-27-30-7-4-24(32-27)21-13-22(15-29)26-23(14-21)28(2,18-37)17-31-26/h4,7,12-14,20,31,37H,5-6,8-11,16-18H2,1-3H3,(H,30,32,33)/t28-/m1/s1. The molecule has 3 N–H and O–H groups in total. The highest BCUT2D eigenvalue weighted by molar-refractivity contribution is 5.76. The van der Waals surface area contributed by atoms with E-state index in [4.69, 9.17) is 14.8 Å². The zero-order chi connectivity index (χ0) is 26.7. The largest absolute Gasteiger partial charge is 0.395 e. The van der Waals surface area contributed by atoms with Crippen LogP contribution in [-0.4, -0.2) is 76.3 Å². The van der Waals surface area contributed by atoms with Crippen LogP contribution in [0.25, 0.3) is 11.3 Å². The van der Waals surface area contributed by atoms with Gasteiger partial charge in [0.25, 0.3) is 0 Å². The number of piperidine rings is 1. The molecule has 2 aliphatic rings. The summed E-state index contributed by atoms with van der Waals surface area (Å²) in [7, 11) is 1.75. The fourth-order valence-electron chi connectivity index (χ4n) is 5.40. The molecule has 10 heteroatoms. The molecule has 0 amide bonds. The van der Waals surface area contributed by atoms with Gasteiger partial charge in [-0.25, -0.2) is 14.6 Å². The molecule has 5 rings (SSSR count). The third kappa shape index (κ3) is 5.36. The van der Waals surface area contributed by atoms with Crippen LogP contribution in [0.3, 0.4) is 0 Å². The van der Waals surface area contributed by atoms with Crippen molar-refractivity contribution in [3.8, 4) is 17.3 Å². The molecular formula is C28H36N8O2. The number of likely N-dealkylation sites (tertiary alicyclic amines) is 1. The molecule has 0 unspecified atom stereocenters. The van der Waals surface area contributed by atoms with Crippen LogP contribution in [0, 0.1) is 24.2 Å². The second-order valence-electron chi connectivity index (χ2n) is 10.7. The van der Waals surface area contributed by atoms with Crippen LogP contribution in [0.5, 0.6) is 0 Å². The van der Waals surface area contributed by atoms with Gasteiger partial charge in [0.1, 0.15) is 11.9 Å². The van der Waals surface area contributed by atoms with Crippen molar-refractivity contribution in [3.63, 3.8) is 0 Å². The van der Waals surface area contributed by atoms with Crippen LogP contribution < -0.4 is 10.6 Å². The van der Waals surface area contributed by atoms with Gasteiger partial charge in [-0.2, -0.15) is 10.4 Å². The smallest absolute Gasteiger partial charge is 0.228 e.